The van der Waals surface area contributed by atoms with Crippen molar-refractivity contribution < 1.29 is 22.4 Å². The highest BCUT2D eigenvalue weighted by molar-refractivity contribution is 7.89. The van der Waals surface area contributed by atoms with E-state index in [0.717, 1.165) is 6.07 Å². The molecule has 2 amide bonds. The Morgan fingerprint density at radius 1 is 0.963 bits per heavy atom. The first-order valence-electron chi connectivity index (χ1n) is 8.26. The molecule has 2 N–H and O–H groups in total. The molecule has 0 aromatic heterocycles. The number of halogens is 1. The molecule has 0 bridgehead atoms. The Hall–Kier alpha value is -2.78. The van der Waals surface area contributed by atoms with Gasteiger partial charge >= 0.3 is 0 Å². The van der Waals surface area contributed by atoms with Gasteiger partial charge in [0.15, 0.2) is 0 Å². The Morgan fingerprint density at radius 3 is 2.22 bits per heavy atom. The predicted octanol–water partition coefficient (Wildman–Crippen LogP) is 1.93. The molecule has 0 unspecified atom stereocenters. The van der Waals surface area contributed by atoms with Gasteiger partial charge in [0.1, 0.15) is 5.82 Å². The van der Waals surface area contributed by atoms with Crippen LogP contribution in [0.4, 0.5) is 4.39 Å². The second kappa shape index (κ2) is 8.74. The van der Waals surface area contributed by atoms with Crippen LogP contribution in [0, 0.1) is 5.82 Å². The van der Waals surface area contributed by atoms with Gasteiger partial charge in [0.05, 0.1) is 10.5 Å². The van der Waals surface area contributed by atoms with Crippen LogP contribution in [0.5, 0.6) is 0 Å². The smallest absolute Gasteiger partial charge is 0.267 e. The molecule has 0 aliphatic rings. The Labute approximate surface area is 157 Å². The van der Waals surface area contributed by atoms with Gasteiger partial charge in [-0.05, 0) is 30.3 Å². The van der Waals surface area contributed by atoms with Crippen molar-refractivity contribution >= 4 is 21.8 Å². The summed E-state index contributed by atoms with van der Waals surface area (Å²) in [6.45, 7) is 4.04. The Morgan fingerprint density at radius 2 is 1.59 bits per heavy atom. The van der Waals surface area contributed by atoms with Crippen molar-refractivity contribution in [3.63, 3.8) is 0 Å². The first-order valence-corrected chi connectivity index (χ1v) is 9.70. The Bertz CT molecular complexity index is 943. The van der Waals surface area contributed by atoms with E-state index in [0.29, 0.717) is 13.1 Å². The third-order valence-electron chi connectivity index (χ3n) is 3.85. The first kappa shape index (κ1) is 20.5. The van der Waals surface area contributed by atoms with Crippen molar-refractivity contribution in [2.45, 2.75) is 18.7 Å². The van der Waals surface area contributed by atoms with E-state index in [1.807, 2.05) is 0 Å². The van der Waals surface area contributed by atoms with E-state index in [4.69, 9.17) is 0 Å². The summed E-state index contributed by atoms with van der Waals surface area (Å²) in [4.78, 5) is 24.1. The zero-order valence-electron chi connectivity index (χ0n) is 14.9. The fourth-order valence-corrected chi connectivity index (χ4v) is 3.91. The molecule has 2 aromatic carbocycles. The van der Waals surface area contributed by atoms with Crippen LogP contribution in [0.25, 0.3) is 0 Å². The second-order valence-corrected chi connectivity index (χ2v) is 7.44. The summed E-state index contributed by atoms with van der Waals surface area (Å²) in [5.41, 5.74) is 4.06. The molecule has 9 heteroatoms. The zero-order valence-corrected chi connectivity index (χ0v) is 15.7. The normalized spacial score (nSPS) is 11.3. The minimum absolute atomic E-state index is 0.0284. The van der Waals surface area contributed by atoms with Gasteiger partial charge < -0.3 is 0 Å². The molecule has 0 saturated heterocycles. The molecule has 27 heavy (non-hydrogen) atoms. The summed E-state index contributed by atoms with van der Waals surface area (Å²) in [6, 6.07) is 10.8. The van der Waals surface area contributed by atoms with Gasteiger partial charge in [-0.2, -0.15) is 4.31 Å². The average Bonchev–Trinajstić information content (AvgIpc) is 2.67. The third-order valence-corrected chi connectivity index (χ3v) is 5.89. The maximum absolute atomic E-state index is 13.6. The number of hydrogen-bond acceptors (Lipinski definition) is 4. The highest BCUT2D eigenvalue weighted by atomic mass is 32.2. The second-order valence-electron chi connectivity index (χ2n) is 5.51. The Balaban J connectivity index is 2.14. The van der Waals surface area contributed by atoms with E-state index < -0.39 is 27.7 Å². The number of benzene rings is 2. The standard InChI is InChI=1S/C18H20FN3O4S/c1-3-22(4-2)27(25,26)14-9-7-8-13(12-14)17(23)20-21-18(24)15-10-5-6-11-16(15)19/h5-12H,3-4H2,1-2H3,(H,20,23)(H,21,24). The molecule has 0 fully saturated rings. The van der Waals surface area contributed by atoms with Crippen molar-refractivity contribution in [3.8, 4) is 0 Å². The molecule has 2 aromatic rings. The lowest BCUT2D eigenvalue weighted by Crippen LogP contribution is -2.42. The molecule has 0 aliphatic carbocycles. The number of rotatable bonds is 6. The highest BCUT2D eigenvalue weighted by Crippen LogP contribution is 2.17. The van der Waals surface area contributed by atoms with Crippen LogP contribution in [0.3, 0.4) is 0 Å². The number of nitrogens with zero attached hydrogens (tertiary/aromatic N) is 1. The highest BCUT2D eigenvalue weighted by Gasteiger charge is 2.22. The summed E-state index contributed by atoms with van der Waals surface area (Å²) in [5.74, 6) is -2.28. The topological polar surface area (TPSA) is 95.6 Å². The number of hydrazine groups is 1. The molecule has 0 radical (unpaired) electrons. The number of nitrogens with one attached hydrogen (secondary N) is 2. The van der Waals surface area contributed by atoms with Crippen LogP contribution in [0.2, 0.25) is 0 Å². The molecule has 0 saturated carbocycles. The van der Waals surface area contributed by atoms with Crippen molar-refractivity contribution in [3.05, 3.63) is 65.5 Å². The van der Waals surface area contributed by atoms with Crippen molar-refractivity contribution in [1.29, 1.82) is 0 Å². The molecular formula is C18H20FN3O4S. The van der Waals surface area contributed by atoms with E-state index in [1.165, 1.54) is 46.8 Å². The minimum atomic E-state index is -3.72. The van der Waals surface area contributed by atoms with Gasteiger partial charge in [-0.1, -0.05) is 32.0 Å². The molecule has 2 rings (SSSR count). The SMILES string of the molecule is CCN(CC)S(=O)(=O)c1cccc(C(=O)NNC(=O)c2ccccc2F)c1. The summed E-state index contributed by atoms with van der Waals surface area (Å²) >= 11 is 0. The van der Waals surface area contributed by atoms with Crippen LogP contribution < -0.4 is 10.9 Å². The summed E-state index contributed by atoms with van der Waals surface area (Å²) in [6.07, 6.45) is 0. The molecular weight excluding hydrogens is 373 g/mol. The lowest BCUT2D eigenvalue weighted by molar-refractivity contribution is 0.0844. The first-order chi connectivity index (χ1) is 12.8. The molecule has 0 spiro atoms. The van der Waals surface area contributed by atoms with Crippen molar-refractivity contribution in [2.24, 2.45) is 0 Å². The maximum atomic E-state index is 13.6. The lowest BCUT2D eigenvalue weighted by Gasteiger charge is -2.18. The van der Waals surface area contributed by atoms with Gasteiger partial charge in [-0.15, -0.1) is 0 Å². The van der Waals surface area contributed by atoms with Gasteiger partial charge in [-0.3, -0.25) is 20.4 Å². The number of carbonyl (C=O) groups excluding carboxylic acids is 2. The van der Waals surface area contributed by atoms with Gasteiger partial charge in [0, 0.05) is 18.7 Å². The number of carbonyl (C=O) groups is 2. The largest absolute Gasteiger partial charge is 0.272 e. The van der Waals surface area contributed by atoms with Crippen LogP contribution in [-0.4, -0.2) is 37.6 Å². The van der Waals surface area contributed by atoms with E-state index in [1.54, 1.807) is 13.8 Å². The van der Waals surface area contributed by atoms with E-state index in [2.05, 4.69) is 10.9 Å². The monoisotopic (exact) mass is 393 g/mol. The molecule has 0 atom stereocenters. The average molecular weight is 393 g/mol. The van der Waals surface area contributed by atoms with Crippen molar-refractivity contribution in [2.75, 3.05) is 13.1 Å². The fraction of sp³-hybridized carbons (Fsp3) is 0.222. The summed E-state index contributed by atoms with van der Waals surface area (Å²) in [5, 5.41) is 0. The van der Waals surface area contributed by atoms with Gasteiger partial charge in [0.25, 0.3) is 11.8 Å². The van der Waals surface area contributed by atoms with E-state index in [-0.39, 0.29) is 16.0 Å². The van der Waals surface area contributed by atoms with E-state index in [9.17, 15) is 22.4 Å². The minimum Gasteiger partial charge on any atom is -0.267 e. The van der Waals surface area contributed by atoms with Crippen LogP contribution in [0.1, 0.15) is 34.6 Å². The molecule has 7 nitrogen and oxygen atoms in total. The lowest BCUT2D eigenvalue weighted by atomic mass is 10.2. The zero-order chi connectivity index (χ0) is 20.0. The number of sulfonamides is 1. The third kappa shape index (κ3) is 4.69. The van der Waals surface area contributed by atoms with Crippen molar-refractivity contribution in [1.82, 2.24) is 15.2 Å². The maximum Gasteiger partial charge on any atom is 0.272 e. The molecule has 144 valence electrons. The Kier molecular flexibility index (Phi) is 6.65. The number of amides is 2. The molecule has 0 aliphatic heterocycles. The quantitative estimate of drug-likeness (QED) is 0.733. The van der Waals surface area contributed by atoms with E-state index >= 15 is 0 Å². The number of hydrogen-bond donors (Lipinski definition) is 2. The predicted molar refractivity (Wildman–Crippen MR) is 97.9 cm³/mol. The summed E-state index contributed by atoms with van der Waals surface area (Å²) < 4.78 is 39.9. The van der Waals surface area contributed by atoms with Gasteiger partial charge in [0.2, 0.25) is 10.0 Å². The molecule has 0 heterocycles. The van der Waals surface area contributed by atoms with Crippen LogP contribution in [0.15, 0.2) is 53.4 Å². The van der Waals surface area contributed by atoms with Crippen LogP contribution >= 0.6 is 0 Å². The fourth-order valence-electron chi connectivity index (χ4n) is 2.41. The summed E-state index contributed by atoms with van der Waals surface area (Å²) in [7, 11) is -3.72. The van der Waals surface area contributed by atoms with Gasteiger partial charge in [-0.25, -0.2) is 12.8 Å². The van der Waals surface area contributed by atoms with Crippen LogP contribution in [-0.2, 0) is 10.0 Å².